The van der Waals surface area contributed by atoms with E-state index in [-0.39, 0.29) is 42.8 Å². The third-order valence-electron chi connectivity index (χ3n) is 6.01. The molecule has 0 bridgehead atoms. The summed E-state index contributed by atoms with van der Waals surface area (Å²) < 4.78 is 37.1. The van der Waals surface area contributed by atoms with Crippen molar-refractivity contribution in [1.29, 1.82) is 0 Å². The van der Waals surface area contributed by atoms with E-state index in [2.05, 4.69) is 4.98 Å². The van der Waals surface area contributed by atoms with Gasteiger partial charge in [-0.05, 0) is 51.3 Å². The normalized spacial score (nSPS) is 15.1. The molecule has 0 radical (unpaired) electrons. The molecule has 1 saturated heterocycles. The number of H-pyrrole nitrogens is 1. The van der Waals surface area contributed by atoms with E-state index in [1.165, 1.54) is 18.9 Å². The number of ether oxygens (including phenoxy) is 2. The molecule has 8 nitrogen and oxygen atoms in total. The number of ketones is 1. The Labute approximate surface area is 195 Å². The summed E-state index contributed by atoms with van der Waals surface area (Å²) in [5.74, 6) is -4.45. The molecule has 1 fully saturated rings. The highest BCUT2D eigenvalue weighted by atomic mass is 19.1. The third kappa shape index (κ3) is 5.00. The van der Waals surface area contributed by atoms with Crippen molar-refractivity contribution >= 4 is 23.6 Å². The Morgan fingerprint density at radius 2 is 1.76 bits per heavy atom. The highest BCUT2D eigenvalue weighted by Gasteiger charge is 2.33. The van der Waals surface area contributed by atoms with Crippen molar-refractivity contribution in [2.24, 2.45) is 5.92 Å². The van der Waals surface area contributed by atoms with Crippen LogP contribution in [0.3, 0.4) is 0 Å². The van der Waals surface area contributed by atoms with Gasteiger partial charge in [-0.1, -0.05) is 0 Å². The summed E-state index contributed by atoms with van der Waals surface area (Å²) in [6.07, 6.45) is -0.536. The summed E-state index contributed by atoms with van der Waals surface area (Å²) in [6, 6.07) is 2.76. The lowest BCUT2D eigenvalue weighted by molar-refractivity contribution is -0.152. The van der Waals surface area contributed by atoms with Crippen LogP contribution in [0.25, 0.3) is 0 Å². The Balaban J connectivity index is 1.59. The van der Waals surface area contributed by atoms with E-state index in [1.54, 1.807) is 13.8 Å². The second-order valence-corrected chi connectivity index (χ2v) is 8.25. The molecule has 34 heavy (non-hydrogen) atoms. The fraction of sp³-hybridized carbons (Fsp3) is 0.417. The van der Waals surface area contributed by atoms with Gasteiger partial charge in [0.05, 0.1) is 29.8 Å². The van der Waals surface area contributed by atoms with Crippen molar-refractivity contribution in [3.8, 4) is 0 Å². The van der Waals surface area contributed by atoms with Gasteiger partial charge >= 0.3 is 11.9 Å². The van der Waals surface area contributed by atoms with Crippen molar-refractivity contribution in [3.63, 3.8) is 0 Å². The van der Waals surface area contributed by atoms with E-state index in [4.69, 9.17) is 9.47 Å². The number of aryl methyl sites for hydroxylation is 1. The molecule has 1 N–H and O–H groups in total. The fourth-order valence-electron chi connectivity index (χ4n) is 4.08. The molecule has 0 spiro atoms. The zero-order valence-corrected chi connectivity index (χ0v) is 19.4. The van der Waals surface area contributed by atoms with E-state index < -0.39 is 47.3 Å². The highest BCUT2D eigenvalue weighted by Crippen LogP contribution is 2.24. The number of nitrogens with zero attached hydrogens (tertiary/aromatic N) is 1. The maximum absolute atomic E-state index is 13.9. The van der Waals surface area contributed by atoms with E-state index in [9.17, 15) is 28.0 Å². The largest absolute Gasteiger partial charge is 0.465 e. The van der Waals surface area contributed by atoms with Crippen molar-refractivity contribution < 1.29 is 37.4 Å². The van der Waals surface area contributed by atoms with Gasteiger partial charge in [0.25, 0.3) is 5.91 Å². The van der Waals surface area contributed by atoms with Gasteiger partial charge in [-0.3, -0.25) is 14.4 Å². The molecule has 1 aliphatic heterocycles. The smallest absolute Gasteiger partial charge is 0.339 e. The lowest BCUT2D eigenvalue weighted by atomic mass is 9.96. The van der Waals surface area contributed by atoms with Crippen LogP contribution in [0.2, 0.25) is 0 Å². The van der Waals surface area contributed by atoms with E-state index >= 15 is 0 Å². The number of halogens is 2. The minimum absolute atomic E-state index is 0.167. The van der Waals surface area contributed by atoms with Crippen molar-refractivity contribution in [1.82, 2.24) is 9.88 Å². The fourth-order valence-corrected chi connectivity index (χ4v) is 4.08. The average Bonchev–Trinajstić information content (AvgIpc) is 3.11. The van der Waals surface area contributed by atoms with Gasteiger partial charge in [-0.15, -0.1) is 0 Å². The predicted octanol–water partition coefficient (Wildman–Crippen LogP) is 3.36. The van der Waals surface area contributed by atoms with Crippen LogP contribution in [-0.2, 0) is 14.3 Å². The summed E-state index contributed by atoms with van der Waals surface area (Å²) in [7, 11) is 1.25. The molecule has 1 unspecified atom stereocenters. The molecule has 1 atom stereocenters. The Kier molecular flexibility index (Phi) is 7.48. The number of piperidine rings is 1. The van der Waals surface area contributed by atoms with Crippen LogP contribution in [0.4, 0.5) is 8.78 Å². The number of esters is 2. The number of hydrogen-bond acceptors (Lipinski definition) is 6. The van der Waals surface area contributed by atoms with Gasteiger partial charge in [0, 0.05) is 24.8 Å². The monoisotopic (exact) mass is 476 g/mol. The van der Waals surface area contributed by atoms with Crippen LogP contribution in [-0.4, -0.2) is 59.8 Å². The number of benzene rings is 1. The van der Waals surface area contributed by atoms with Gasteiger partial charge in [0.2, 0.25) is 5.78 Å². The molecule has 1 aromatic heterocycles. The molecule has 182 valence electrons. The number of amides is 1. The van der Waals surface area contributed by atoms with E-state index in [0.29, 0.717) is 17.3 Å². The zero-order chi connectivity index (χ0) is 25.2. The van der Waals surface area contributed by atoms with Gasteiger partial charge in [0.15, 0.2) is 6.10 Å². The Bertz CT molecular complexity index is 1130. The van der Waals surface area contributed by atoms with Crippen LogP contribution in [0.15, 0.2) is 18.2 Å². The minimum Gasteiger partial charge on any atom is -0.465 e. The number of rotatable bonds is 6. The molecule has 2 heterocycles. The topological polar surface area (TPSA) is 106 Å². The van der Waals surface area contributed by atoms with Gasteiger partial charge in [-0.25, -0.2) is 13.6 Å². The highest BCUT2D eigenvalue weighted by molar-refractivity contribution is 6.04. The van der Waals surface area contributed by atoms with Crippen LogP contribution in [0, 0.1) is 31.4 Å². The SMILES string of the molecule is COC(=O)c1c(C)[nH]c(C(=O)C(C)OC(=O)C2CCN(C(=O)c3ccc(F)cc3F)CC2)c1C. The Morgan fingerprint density at radius 3 is 2.35 bits per heavy atom. The number of likely N-dealkylation sites (tertiary alicyclic amines) is 1. The van der Waals surface area contributed by atoms with Crippen LogP contribution in [0.5, 0.6) is 0 Å². The van der Waals surface area contributed by atoms with Crippen LogP contribution >= 0.6 is 0 Å². The second-order valence-electron chi connectivity index (χ2n) is 8.25. The van der Waals surface area contributed by atoms with Gasteiger partial charge in [-0.2, -0.15) is 0 Å². The van der Waals surface area contributed by atoms with Gasteiger partial charge in [0.1, 0.15) is 11.6 Å². The average molecular weight is 476 g/mol. The third-order valence-corrected chi connectivity index (χ3v) is 6.01. The Hall–Kier alpha value is -3.56. The van der Waals surface area contributed by atoms with E-state index in [1.807, 2.05) is 0 Å². The predicted molar refractivity (Wildman–Crippen MR) is 116 cm³/mol. The lowest BCUT2D eigenvalue weighted by Crippen LogP contribution is -2.41. The first-order valence-electron chi connectivity index (χ1n) is 10.8. The second kappa shape index (κ2) is 10.1. The molecule has 2 aromatic rings. The first-order valence-corrected chi connectivity index (χ1v) is 10.8. The number of aromatic amines is 1. The number of Topliss-reactive ketones (excluding diaryl/α,β-unsaturated/α-hetero) is 1. The van der Waals surface area contributed by atoms with Gasteiger partial charge < -0.3 is 19.4 Å². The molecule has 3 rings (SSSR count). The molecule has 1 aliphatic rings. The quantitative estimate of drug-likeness (QED) is 0.506. The number of aromatic nitrogens is 1. The summed E-state index contributed by atoms with van der Waals surface area (Å²) in [5.41, 5.74) is 1.08. The molecular weight excluding hydrogens is 450 g/mol. The number of methoxy groups -OCH3 is 1. The zero-order valence-electron chi connectivity index (χ0n) is 19.4. The summed E-state index contributed by atoms with van der Waals surface area (Å²) in [4.78, 5) is 54.2. The molecule has 0 saturated carbocycles. The van der Waals surface area contributed by atoms with Crippen LogP contribution in [0.1, 0.15) is 62.2 Å². The lowest BCUT2D eigenvalue weighted by Gasteiger charge is -2.31. The van der Waals surface area contributed by atoms with E-state index in [0.717, 1.165) is 12.1 Å². The minimum atomic E-state index is -1.09. The number of carbonyl (C=O) groups excluding carboxylic acids is 4. The first kappa shape index (κ1) is 25.1. The summed E-state index contributed by atoms with van der Waals surface area (Å²) in [6.45, 7) is 5.07. The summed E-state index contributed by atoms with van der Waals surface area (Å²) >= 11 is 0. The maximum atomic E-state index is 13.9. The van der Waals surface area contributed by atoms with Crippen LogP contribution < -0.4 is 0 Å². The van der Waals surface area contributed by atoms with Crippen molar-refractivity contribution in [2.45, 2.75) is 39.7 Å². The van der Waals surface area contributed by atoms with Crippen molar-refractivity contribution in [2.75, 3.05) is 20.2 Å². The molecule has 10 heteroatoms. The molecule has 1 aromatic carbocycles. The van der Waals surface area contributed by atoms with Crippen molar-refractivity contribution in [3.05, 3.63) is 57.9 Å². The standard InChI is InChI=1S/C24H26F2N2O6/c1-12-19(24(32)33-4)13(2)27-20(12)21(29)14(3)34-23(31)15-7-9-28(10-8-15)22(30)17-6-5-16(25)11-18(17)26/h5-6,11,14-15,27H,7-10H2,1-4H3. The number of carbonyl (C=O) groups is 4. The maximum Gasteiger partial charge on any atom is 0.339 e. The molecule has 1 amide bonds. The number of nitrogens with one attached hydrogen (secondary N) is 1. The molecular formula is C24H26F2N2O6. The summed E-state index contributed by atoms with van der Waals surface area (Å²) in [5, 5.41) is 0. The number of hydrogen-bond donors (Lipinski definition) is 1. The Morgan fingerprint density at radius 1 is 1.12 bits per heavy atom. The molecule has 0 aliphatic carbocycles. The first-order chi connectivity index (χ1) is 16.0.